The predicted molar refractivity (Wildman–Crippen MR) is 87.1 cm³/mol. The molecule has 0 saturated heterocycles. The zero-order valence-electron chi connectivity index (χ0n) is 12.8. The highest BCUT2D eigenvalue weighted by molar-refractivity contribution is 6.33. The van der Waals surface area contributed by atoms with Crippen molar-refractivity contribution in [3.8, 4) is 0 Å². The van der Waals surface area contributed by atoms with Crippen LogP contribution in [-0.4, -0.2) is 33.5 Å². The SMILES string of the molecule is Cc1ccc(NC(=O)CNC(=O)c2n[nH]c(C)c2[N+](=O)[O-])c(Cl)c1. The number of H-pyrrole nitrogens is 1. The molecule has 10 heteroatoms. The number of nitro groups is 1. The standard InChI is InChI=1S/C14H14ClN5O4/c1-7-3-4-10(9(15)5-7)17-11(21)6-16-14(22)12-13(20(23)24)8(2)18-19-12/h3-5H,6H2,1-2H3,(H,16,22)(H,17,21)(H,18,19). The number of hydrogen-bond acceptors (Lipinski definition) is 5. The molecule has 1 aromatic heterocycles. The lowest BCUT2D eigenvalue weighted by Gasteiger charge is -2.08. The Kier molecular flexibility index (Phi) is 5.14. The number of hydrogen-bond donors (Lipinski definition) is 3. The molecule has 24 heavy (non-hydrogen) atoms. The van der Waals surface area contributed by atoms with Crippen LogP contribution in [0.2, 0.25) is 5.02 Å². The Bertz CT molecular complexity index is 817. The molecule has 0 aliphatic carbocycles. The number of benzene rings is 1. The first kappa shape index (κ1) is 17.4. The minimum Gasteiger partial charge on any atom is -0.341 e. The van der Waals surface area contributed by atoms with Crippen molar-refractivity contribution < 1.29 is 14.5 Å². The lowest BCUT2D eigenvalue weighted by Crippen LogP contribution is -2.33. The third-order valence-electron chi connectivity index (χ3n) is 3.12. The summed E-state index contributed by atoms with van der Waals surface area (Å²) < 4.78 is 0. The summed E-state index contributed by atoms with van der Waals surface area (Å²) in [5, 5.41) is 22.1. The number of carbonyl (C=O) groups is 2. The Hall–Kier alpha value is -2.94. The summed E-state index contributed by atoms with van der Waals surface area (Å²) in [6.07, 6.45) is 0. The summed E-state index contributed by atoms with van der Waals surface area (Å²) in [7, 11) is 0. The number of aromatic nitrogens is 2. The van der Waals surface area contributed by atoms with Gasteiger partial charge in [0.2, 0.25) is 11.6 Å². The van der Waals surface area contributed by atoms with Crippen molar-refractivity contribution in [2.45, 2.75) is 13.8 Å². The van der Waals surface area contributed by atoms with E-state index >= 15 is 0 Å². The Morgan fingerprint density at radius 2 is 2.08 bits per heavy atom. The molecule has 0 bridgehead atoms. The largest absolute Gasteiger partial charge is 0.341 e. The van der Waals surface area contributed by atoms with Gasteiger partial charge < -0.3 is 10.6 Å². The smallest absolute Gasteiger partial charge is 0.322 e. The van der Waals surface area contributed by atoms with Crippen LogP contribution in [0.3, 0.4) is 0 Å². The number of amides is 2. The normalized spacial score (nSPS) is 10.3. The highest BCUT2D eigenvalue weighted by Crippen LogP contribution is 2.22. The second-order valence-electron chi connectivity index (χ2n) is 5.02. The van der Waals surface area contributed by atoms with Gasteiger partial charge in [-0.05, 0) is 31.5 Å². The molecule has 0 saturated carbocycles. The molecule has 0 spiro atoms. The molecule has 2 amide bonds. The zero-order valence-corrected chi connectivity index (χ0v) is 13.6. The van der Waals surface area contributed by atoms with Gasteiger partial charge in [0.15, 0.2) is 0 Å². The van der Waals surface area contributed by atoms with Crippen LogP contribution in [0, 0.1) is 24.0 Å². The molecule has 0 fully saturated rings. The average molecular weight is 352 g/mol. The Labute approximate surface area is 141 Å². The number of nitrogens with one attached hydrogen (secondary N) is 3. The topological polar surface area (TPSA) is 130 Å². The van der Waals surface area contributed by atoms with Gasteiger partial charge in [-0.2, -0.15) is 5.10 Å². The first-order chi connectivity index (χ1) is 11.3. The lowest BCUT2D eigenvalue weighted by atomic mass is 10.2. The van der Waals surface area contributed by atoms with E-state index in [0.29, 0.717) is 10.7 Å². The second-order valence-corrected chi connectivity index (χ2v) is 5.42. The number of aromatic amines is 1. The van der Waals surface area contributed by atoms with Crippen molar-refractivity contribution in [3.05, 3.63) is 50.3 Å². The maximum atomic E-state index is 11.9. The van der Waals surface area contributed by atoms with E-state index in [1.54, 1.807) is 18.2 Å². The summed E-state index contributed by atoms with van der Waals surface area (Å²) in [6.45, 7) is 2.90. The van der Waals surface area contributed by atoms with E-state index in [9.17, 15) is 19.7 Å². The van der Waals surface area contributed by atoms with Gasteiger partial charge in [0.05, 0.1) is 22.2 Å². The highest BCUT2D eigenvalue weighted by Gasteiger charge is 2.27. The molecule has 0 unspecified atom stereocenters. The van der Waals surface area contributed by atoms with E-state index in [4.69, 9.17) is 11.6 Å². The molecule has 1 aromatic carbocycles. The summed E-state index contributed by atoms with van der Waals surface area (Å²) in [6, 6.07) is 5.10. The van der Waals surface area contributed by atoms with Gasteiger partial charge in [0.1, 0.15) is 5.69 Å². The van der Waals surface area contributed by atoms with Crippen LogP contribution in [0.5, 0.6) is 0 Å². The molecule has 0 aliphatic rings. The van der Waals surface area contributed by atoms with E-state index < -0.39 is 22.4 Å². The average Bonchev–Trinajstić information content (AvgIpc) is 2.89. The molecule has 0 radical (unpaired) electrons. The summed E-state index contributed by atoms with van der Waals surface area (Å²) in [4.78, 5) is 34.0. The second kappa shape index (κ2) is 7.09. The van der Waals surface area contributed by atoms with Crippen molar-refractivity contribution in [1.29, 1.82) is 0 Å². The van der Waals surface area contributed by atoms with Gasteiger partial charge in [-0.25, -0.2) is 0 Å². The van der Waals surface area contributed by atoms with Gasteiger partial charge in [0, 0.05) is 0 Å². The van der Waals surface area contributed by atoms with Gasteiger partial charge in [-0.1, -0.05) is 17.7 Å². The van der Waals surface area contributed by atoms with Gasteiger partial charge in [-0.15, -0.1) is 0 Å². The van der Waals surface area contributed by atoms with Crippen molar-refractivity contribution in [1.82, 2.24) is 15.5 Å². The van der Waals surface area contributed by atoms with Gasteiger partial charge in [-0.3, -0.25) is 24.8 Å². The van der Waals surface area contributed by atoms with E-state index in [2.05, 4.69) is 20.8 Å². The number of carbonyl (C=O) groups excluding carboxylic acids is 2. The fourth-order valence-corrected chi connectivity index (χ4v) is 2.25. The van der Waals surface area contributed by atoms with Crippen LogP contribution >= 0.6 is 11.6 Å². The minimum atomic E-state index is -0.823. The van der Waals surface area contributed by atoms with E-state index in [1.165, 1.54) is 6.92 Å². The summed E-state index contributed by atoms with van der Waals surface area (Å²) in [5.74, 6) is -1.35. The predicted octanol–water partition coefficient (Wildman–Crippen LogP) is 1.96. The molecule has 0 atom stereocenters. The molecular weight excluding hydrogens is 338 g/mol. The Morgan fingerprint density at radius 1 is 1.38 bits per heavy atom. The van der Waals surface area contributed by atoms with Crippen LogP contribution in [-0.2, 0) is 4.79 Å². The molecule has 2 aromatic rings. The molecule has 9 nitrogen and oxygen atoms in total. The van der Waals surface area contributed by atoms with Crippen molar-refractivity contribution in [3.63, 3.8) is 0 Å². The third kappa shape index (κ3) is 3.87. The maximum Gasteiger partial charge on any atom is 0.322 e. The molecule has 0 aliphatic heterocycles. The first-order valence-corrected chi connectivity index (χ1v) is 7.21. The third-order valence-corrected chi connectivity index (χ3v) is 3.43. The molecule has 126 valence electrons. The van der Waals surface area contributed by atoms with Crippen LogP contribution in [0.15, 0.2) is 18.2 Å². The number of anilines is 1. The fourth-order valence-electron chi connectivity index (χ4n) is 1.97. The fraction of sp³-hybridized carbons (Fsp3) is 0.214. The van der Waals surface area contributed by atoms with E-state index in [0.717, 1.165) is 5.56 Å². The van der Waals surface area contributed by atoms with Crippen molar-refractivity contribution >= 4 is 34.8 Å². The molecule has 3 N–H and O–H groups in total. The first-order valence-electron chi connectivity index (χ1n) is 6.83. The highest BCUT2D eigenvalue weighted by atomic mass is 35.5. The molecule has 2 rings (SSSR count). The van der Waals surface area contributed by atoms with Gasteiger partial charge >= 0.3 is 5.69 Å². The number of aryl methyl sites for hydroxylation is 2. The van der Waals surface area contributed by atoms with Crippen molar-refractivity contribution in [2.75, 3.05) is 11.9 Å². The summed E-state index contributed by atoms with van der Waals surface area (Å²) >= 11 is 6.00. The van der Waals surface area contributed by atoms with Crippen LogP contribution in [0.1, 0.15) is 21.7 Å². The van der Waals surface area contributed by atoms with Crippen LogP contribution in [0.25, 0.3) is 0 Å². The quantitative estimate of drug-likeness (QED) is 0.560. The van der Waals surface area contributed by atoms with Gasteiger partial charge in [0.25, 0.3) is 5.91 Å². The summed E-state index contributed by atoms with van der Waals surface area (Å²) in [5.41, 5.74) is 0.699. The Balaban J connectivity index is 1.99. The monoisotopic (exact) mass is 351 g/mol. The van der Waals surface area contributed by atoms with Crippen LogP contribution < -0.4 is 10.6 Å². The molecular formula is C14H14ClN5O4. The van der Waals surface area contributed by atoms with E-state index in [-0.39, 0.29) is 17.9 Å². The zero-order chi connectivity index (χ0) is 17.9. The minimum absolute atomic E-state index is 0.154. The number of nitrogens with zero attached hydrogens (tertiary/aromatic N) is 2. The molecule has 1 heterocycles. The van der Waals surface area contributed by atoms with E-state index in [1.807, 2.05) is 6.92 Å². The van der Waals surface area contributed by atoms with Crippen LogP contribution in [0.4, 0.5) is 11.4 Å². The number of rotatable bonds is 5. The number of halogens is 1. The maximum absolute atomic E-state index is 11.9. The Morgan fingerprint density at radius 3 is 2.71 bits per heavy atom. The van der Waals surface area contributed by atoms with Crippen molar-refractivity contribution in [2.24, 2.45) is 0 Å². The lowest BCUT2D eigenvalue weighted by molar-refractivity contribution is -0.385.